The summed E-state index contributed by atoms with van der Waals surface area (Å²) >= 11 is 0. The number of hydrogen-bond donors (Lipinski definition) is 3. The van der Waals surface area contributed by atoms with Crippen molar-refractivity contribution in [3.05, 3.63) is 89.5 Å². The van der Waals surface area contributed by atoms with Crippen LogP contribution in [0, 0.1) is 13.8 Å². The molecule has 3 rings (SSSR count). The van der Waals surface area contributed by atoms with Crippen LogP contribution in [0.25, 0.3) is 0 Å². The molecule has 5 nitrogen and oxygen atoms in total. The molecule has 5 heteroatoms. The summed E-state index contributed by atoms with van der Waals surface area (Å²) in [6, 6.07) is 23.2. The molecule has 3 N–H and O–H groups in total. The SMILES string of the molecule is Cc1cc(C)cc(NC(=O)CNc2ccc(NC(=O)CCc3ccccc3)cc2)c1. The van der Waals surface area contributed by atoms with E-state index in [4.69, 9.17) is 0 Å². The number of hydrogen-bond acceptors (Lipinski definition) is 3. The minimum atomic E-state index is -0.113. The Morgan fingerprint density at radius 2 is 1.30 bits per heavy atom. The number of benzene rings is 3. The van der Waals surface area contributed by atoms with Crippen molar-refractivity contribution in [3.8, 4) is 0 Å². The fourth-order valence-electron chi connectivity index (χ4n) is 3.23. The van der Waals surface area contributed by atoms with Crippen molar-refractivity contribution >= 4 is 28.9 Å². The summed E-state index contributed by atoms with van der Waals surface area (Å²) in [7, 11) is 0. The number of amides is 2. The molecule has 3 aromatic carbocycles. The molecule has 0 saturated heterocycles. The average Bonchev–Trinajstić information content (AvgIpc) is 2.72. The smallest absolute Gasteiger partial charge is 0.243 e. The highest BCUT2D eigenvalue weighted by molar-refractivity contribution is 5.94. The molecular formula is C25H27N3O2. The molecule has 154 valence electrons. The van der Waals surface area contributed by atoms with E-state index in [9.17, 15) is 9.59 Å². The Balaban J connectivity index is 1.43. The van der Waals surface area contributed by atoms with Gasteiger partial charge in [0, 0.05) is 23.5 Å². The number of carbonyl (C=O) groups is 2. The van der Waals surface area contributed by atoms with Gasteiger partial charge in [0.05, 0.1) is 6.54 Å². The van der Waals surface area contributed by atoms with Crippen LogP contribution in [0.5, 0.6) is 0 Å². The fraction of sp³-hybridized carbons (Fsp3) is 0.200. The summed E-state index contributed by atoms with van der Waals surface area (Å²) < 4.78 is 0. The van der Waals surface area contributed by atoms with Crippen LogP contribution in [-0.2, 0) is 16.0 Å². The molecule has 0 atom stereocenters. The van der Waals surface area contributed by atoms with Crippen LogP contribution in [0.2, 0.25) is 0 Å². The van der Waals surface area contributed by atoms with Gasteiger partial charge in [0.1, 0.15) is 0 Å². The van der Waals surface area contributed by atoms with E-state index in [0.717, 1.165) is 33.8 Å². The molecule has 0 aromatic heterocycles. The number of nitrogens with one attached hydrogen (secondary N) is 3. The highest BCUT2D eigenvalue weighted by atomic mass is 16.2. The molecule has 0 saturated carbocycles. The monoisotopic (exact) mass is 401 g/mol. The van der Waals surface area contributed by atoms with E-state index < -0.39 is 0 Å². The number of rotatable bonds is 8. The van der Waals surface area contributed by atoms with Crippen molar-refractivity contribution in [1.82, 2.24) is 0 Å². The van der Waals surface area contributed by atoms with E-state index in [1.165, 1.54) is 0 Å². The molecule has 0 bridgehead atoms. The molecule has 0 aliphatic rings. The van der Waals surface area contributed by atoms with Gasteiger partial charge in [0.2, 0.25) is 11.8 Å². The van der Waals surface area contributed by atoms with Gasteiger partial charge in [-0.05, 0) is 73.4 Å². The molecule has 0 fully saturated rings. The van der Waals surface area contributed by atoms with Crippen LogP contribution in [-0.4, -0.2) is 18.4 Å². The van der Waals surface area contributed by atoms with E-state index in [0.29, 0.717) is 12.8 Å². The third-order valence-corrected chi connectivity index (χ3v) is 4.61. The predicted octanol–water partition coefficient (Wildman–Crippen LogP) is 4.93. The summed E-state index contributed by atoms with van der Waals surface area (Å²) in [6.45, 7) is 4.17. The maximum atomic E-state index is 12.2. The van der Waals surface area contributed by atoms with Gasteiger partial charge >= 0.3 is 0 Å². The van der Waals surface area contributed by atoms with Gasteiger partial charge < -0.3 is 16.0 Å². The highest BCUT2D eigenvalue weighted by Gasteiger charge is 2.05. The van der Waals surface area contributed by atoms with Gasteiger partial charge in [-0.1, -0.05) is 36.4 Å². The van der Waals surface area contributed by atoms with Crippen molar-refractivity contribution in [2.45, 2.75) is 26.7 Å². The van der Waals surface area contributed by atoms with E-state index in [-0.39, 0.29) is 18.4 Å². The lowest BCUT2D eigenvalue weighted by molar-refractivity contribution is -0.116. The van der Waals surface area contributed by atoms with E-state index in [1.54, 1.807) is 0 Å². The topological polar surface area (TPSA) is 70.2 Å². The van der Waals surface area contributed by atoms with Crippen LogP contribution < -0.4 is 16.0 Å². The molecule has 2 amide bonds. The highest BCUT2D eigenvalue weighted by Crippen LogP contribution is 2.15. The first-order valence-corrected chi connectivity index (χ1v) is 10.0. The van der Waals surface area contributed by atoms with Crippen molar-refractivity contribution in [2.24, 2.45) is 0 Å². The Morgan fingerprint density at radius 1 is 0.700 bits per heavy atom. The molecule has 0 aliphatic carbocycles. The summed E-state index contributed by atoms with van der Waals surface area (Å²) in [4.78, 5) is 24.3. The van der Waals surface area contributed by atoms with Crippen LogP contribution in [0.15, 0.2) is 72.8 Å². The minimum Gasteiger partial charge on any atom is -0.376 e. The Hall–Kier alpha value is -3.60. The summed E-state index contributed by atoms with van der Waals surface area (Å²) in [6.07, 6.45) is 1.14. The largest absolute Gasteiger partial charge is 0.376 e. The first-order valence-electron chi connectivity index (χ1n) is 10.0. The third-order valence-electron chi connectivity index (χ3n) is 4.61. The maximum Gasteiger partial charge on any atom is 0.243 e. The Bertz CT molecular complexity index is 978. The lowest BCUT2D eigenvalue weighted by Gasteiger charge is -2.10. The summed E-state index contributed by atoms with van der Waals surface area (Å²) in [5.41, 5.74) is 5.71. The van der Waals surface area contributed by atoms with Gasteiger partial charge in [-0.25, -0.2) is 0 Å². The van der Waals surface area contributed by atoms with E-state index >= 15 is 0 Å². The first-order chi connectivity index (χ1) is 14.5. The van der Waals surface area contributed by atoms with Crippen molar-refractivity contribution < 1.29 is 9.59 Å². The van der Waals surface area contributed by atoms with Gasteiger partial charge in [-0.15, -0.1) is 0 Å². The lowest BCUT2D eigenvalue weighted by atomic mass is 10.1. The van der Waals surface area contributed by atoms with Gasteiger partial charge in [-0.2, -0.15) is 0 Å². The van der Waals surface area contributed by atoms with Crippen LogP contribution in [0.4, 0.5) is 17.1 Å². The summed E-state index contributed by atoms with van der Waals surface area (Å²) in [5.74, 6) is -0.134. The third kappa shape index (κ3) is 6.78. The van der Waals surface area contributed by atoms with Crippen molar-refractivity contribution in [3.63, 3.8) is 0 Å². The number of aryl methyl sites for hydroxylation is 3. The second kappa shape index (κ2) is 10.3. The Kier molecular flexibility index (Phi) is 7.22. The van der Waals surface area contributed by atoms with Gasteiger partial charge in [0.15, 0.2) is 0 Å². The Morgan fingerprint density at radius 3 is 1.97 bits per heavy atom. The molecule has 0 radical (unpaired) electrons. The second-order valence-corrected chi connectivity index (χ2v) is 7.39. The Labute approximate surface area is 177 Å². The van der Waals surface area contributed by atoms with Crippen LogP contribution in [0.3, 0.4) is 0 Å². The number of carbonyl (C=O) groups excluding carboxylic acids is 2. The lowest BCUT2D eigenvalue weighted by Crippen LogP contribution is -2.21. The van der Waals surface area contributed by atoms with Gasteiger partial charge in [0.25, 0.3) is 0 Å². The standard InChI is InChI=1S/C25H27N3O2/c1-18-14-19(2)16-23(15-18)28-25(30)17-26-21-9-11-22(12-10-21)27-24(29)13-8-20-6-4-3-5-7-20/h3-7,9-12,14-16,26H,8,13,17H2,1-2H3,(H,27,29)(H,28,30). The predicted molar refractivity (Wildman–Crippen MR) is 123 cm³/mol. The quantitative estimate of drug-likeness (QED) is 0.501. The van der Waals surface area contributed by atoms with Crippen LogP contribution in [0.1, 0.15) is 23.1 Å². The van der Waals surface area contributed by atoms with E-state index in [1.807, 2.05) is 80.6 Å². The second-order valence-electron chi connectivity index (χ2n) is 7.39. The molecule has 30 heavy (non-hydrogen) atoms. The molecule has 0 spiro atoms. The summed E-state index contributed by atoms with van der Waals surface area (Å²) in [5, 5.41) is 8.90. The zero-order valence-electron chi connectivity index (χ0n) is 17.4. The van der Waals surface area contributed by atoms with Gasteiger partial charge in [-0.3, -0.25) is 9.59 Å². The number of anilines is 3. The zero-order chi connectivity index (χ0) is 21.3. The first kappa shape index (κ1) is 21.1. The molecule has 0 heterocycles. The molecule has 3 aromatic rings. The maximum absolute atomic E-state index is 12.2. The molecule has 0 aliphatic heterocycles. The van der Waals surface area contributed by atoms with E-state index in [2.05, 4.69) is 22.0 Å². The zero-order valence-corrected chi connectivity index (χ0v) is 17.4. The average molecular weight is 402 g/mol. The van der Waals surface area contributed by atoms with Crippen molar-refractivity contribution in [2.75, 3.05) is 22.5 Å². The minimum absolute atomic E-state index is 0.0209. The normalized spacial score (nSPS) is 10.3. The fourth-order valence-corrected chi connectivity index (χ4v) is 3.23. The van der Waals surface area contributed by atoms with Crippen LogP contribution >= 0.6 is 0 Å². The molecule has 0 unspecified atom stereocenters. The van der Waals surface area contributed by atoms with Crippen molar-refractivity contribution in [1.29, 1.82) is 0 Å². The molecular weight excluding hydrogens is 374 g/mol.